The molecule has 0 spiro atoms. The fourth-order valence-electron chi connectivity index (χ4n) is 4.61. The number of hydrogen-bond donors (Lipinski definition) is 2. The number of carbonyl (C=O) groups excluding carboxylic acids is 2. The summed E-state index contributed by atoms with van der Waals surface area (Å²) in [7, 11) is 0. The number of rotatable bonds is 8. The van der Waals surface area contributed by atoms with E-state index in [1.54, 1.807) is 36.4 Å². The summed E-state index contributed by atoms with van der Waals surface area (Å²) in [5.74, 6) is 0.820. The number of carbonyl (C=O) groups is 2. The van der Waals surface area contributed by atoms with Gasteiger partial charge in [-0.05, 0) is 66.9 Å². The predicted octanol–water partition coefficient (Wildman–Crippen LogP) is 3.78. The molecule has 2 heterocycles. The second-order valence-electron chi connectivity index (χ2n) is 9.14. The number of nitrogens with zero attached hydrogens (tertiary/aromatic N) is 5. The van der Waals surface area contributed by atoms with Crippen molar-refractivity contribution in [1.82, 2.24) is 25.5 Å². The third-order valence-corrected chi connectivity index (χ3v) is 6.41. The van der Waals surface area contributed by atoms with Crippen LogP contribution in [0.2, 0.25) is 0 Å². The fourth-order valence-corrected chi connectivity index (χ4v) is 4.61. The minimum absolute atomic E-state index is 0.0659. The number of tetrazole rings is 1. The summed E-state index contributed by atoms with van der Waals surface area (Å²) in [5.41, 5.74) is 1.12. The molecular formula is C27H28N6O4. The van der Waals surface area contributed by atoms with Crippen LogP contribution >= 0.6 is 0 Å². The van der Waals surface area contributed by atoms with E-state index in [0.29, 0.717) is 22.8 Å². The average Bonchev–Trinajstić information content (AvgIpc) is 3.66. The van der Waals surface area contributed by atoms with E-state index in [-0.39, 0.29) is 30.1 Å². The highest BCUT2D eigenvalue weighted by Gasteiger charge is 2.34. The van der Waals surface area contributed by atoms with Crippen molar-refractivity contribution in [2.45, 2.75) is 51.2 Å². The second kappa shape index (κ2) is 10.7. The van der Waals surface area contributed by atoms with E-state index in [2.05, 4.69) is 20.7 Å². The molecule has 2 amide bonds. The van der Waals surface area contributed by atoms with Crippen molar-refractivity contribution in [1.29, 1.82) is 0 Å². The van der Waals surface area contributed by atoms with E-state index in [9.17, 15) is 14.7 Å². The van der Waals surface area contributed by atoms with Gasteiger partial charge in [0.05, 0.1) is 0 Å². The second-order valence-corrected chi connectivity index (χ2v) is 9.14. The van der Waals surface area contributed by atoms with E-state index in [1.165, 1.54) is 21.8 Å². The number of aromatic hydroxyl groups is 1. The SMILES string of the molecule is Cc1ccc(-c2nnn(CC(=O)N(c3ccccc3)C(C(=O)NC3CCCC3)c3ccc(O)cc3)n2)o1. The molecule has 190 valence electrons. The molecule has 1 atom stereocenters. The van der Waals surface area contributed by atoms with Crippen molar-refractivity contribution in [3.05, 3.63) is 78.1 Å². The molecule has 0 bridgehead atoms. The van der Waals surface area contributed by atoms with E-state index < -0.39 is 11.9 Å². The minimum Gasteiger partial charge on any atom is -0.508 e. The lowest BCUT2D eigenvalue weighted by Gasteiger charge is -2.32. The van der Waals surface area contributed by atoms with Crippen molar-refractivity contribution < 1.29 is 19.1 Å². The van der Waals surface area contributed by atoms with Gasteiger partial charge in [-0.3, -0.25) is 14.5 Å². The quantitative estimate of drug-likeness (QED) is 0.377. The molecule has 2 N–H and O–H groups in total. The molecular weight excluding hydrogens is 472 g/mol. The zero-order valence-electron chi connectivity index (χ0n) is 20.4. The van der Waals surface area contributed by atoms with Gasteiger partial charge in [-0.25, -0.2) is 0 Å². The zero-order chi connectivity index (χ0) is 25.8. The molecule has 10 nitrogen and oxygen atoms in total. The highest BCUT2D eigenvalue weighted by Crippen LogP contribution is 2.30. The van der Waals surface area contributed by atoms with Gasteiger partial charge >= 0.3 is 0 Å². The largest absolute Gasteiger partial charge is 0.508 e. The number of para-hydroxylation sites is 1. The van der Waals surface area contributed by atoms with Gasteiger partial charge in [0, 0.05) is 11.7 Å². The first kappa shape index (κ1) is 24.2. The van der Waals surface area contributed by atoms with Gasteiger partial charge < -0.3 is 14.8 Å². The number of hydrogen-bond acceptors (Lipinski definition) is 7. The lowest BCUT2D eigenvalue weighted by atomic mass is 10.0. The number of nitrogens with one attached hydrogen (secondary N) is 1. The van der Waals surface area contributed by atoms with Crippen LogP contribution in [-0.2, 0) is 16.1 Å². The maximum absolute atomic E-state index is 13.8. The Labute approximate surface area is 213 Å². The molecule has 4 aromatic rings. The summed E-state index contributed by atoms with van der Waals surface area (Å²) in [6, 6.07) is 18.0. The summed E-state index contributed by atoms with van der Waals surface area (Å²) in [4.78, 5) is 30.2. The number of aryl methyl sites for hydroxylation is 1. The van der Waals surface area contributed by atoms with Gasteiger partial charge in [-0.15, -0.1) is 10.2 Å². The number of aromatic nitrogens is 4. The standard InChI is InChI=1S/C27H28N6O4/c1-18-11-16-23(37-18)26-29-31-32(30-26)17-24(35)33(21-9-3-2-4-10-21)25(19-12-14-22(34)15-13-19)27(36)28-20-7-5-6-8-20/h2-4,9-16,20,25,34H,5-8,17H2,1H3,(H,28,36). The Morgan fingerprint density at radius 3 is 2.49 bits per heavy atom. The van der Waals surface area contributed by atoms with Crippen LogP contribution in [-0.4, -0.2) is 43.2 Å². The summed E-state index contributed by atoms with van der Waals surface area (Å²) in [6.45, 7) is 1.57. The van der Waals surface area contributed by atoms with E-state index in [1.807, 2.05) is 25.1 Å². The monoisotopic (exact) mass is 500 g/mol. The van der Waals surface area contributed by atoms with Crippen LogP contribution in [0.3, 0.4) is 0 Å². The maximum Gasteiger partial charge on any atom is 0.251 e. The Morgan fingerprint density at radius 1 is 1.08 bits per heavy atom. The molecule has 1 unspecified atom stereocenters. The Bertz CT molecular complexity index is 1360. The topological polar surface area (TPSA) is 126 Å². The first-order valence-electron chi connectivity index (χ1n) is 12.3. The van der Waals surface area contributed by atoms with E-state index in [4.69, 9.17) is 4.42 Å². The number of anilines is 1. The average molecular weight is 501 g/mol. The molecule has 0 saturated heterocycles. The first-order valence-corrected chi connectivity index (χ1v) is 12.3. The van der Waals surface area contributed by atoms with Crippen LogP contribution in [0.5, 0.6) is 5.75 Å². The first-order chi connectivity index (χ1) is 18.0. The molecule has 1 saturated carbocycles. The van der Waals surface area contributed by atoms with Crippen LogP contribution in [0.15, 0.2) is 71.1 Å². The molecule has 37 heavy (non-hydrogen) atoms. The van der Waals surface area contributed by atoms with Crippen molar-refractivity contribution in [3.63, 3.8) is 0 Å². The highest BCUT2D eigenvalue weighted by atomic mass is 16.3. The Kier molecular flexibility index (Phi) is 6.98. The molecule has 0 radical (unpaired) electrons. The molecule has 5 rings (SSSR count). The van der Waals surface area contributed by atoms with Crippen molar-refractivity contribution in [3.8, 4) is 17.3 Å². The summed E-state index contributed by atoms with van der Waals surface area (Å²) >= 11 is 0. The van der Waals surface area contributed by atoms with Crippen LogP contribution in [0.25, 0.3) is 11.6 Å². The van der Waals surface area contributed by atoms with Gasteiger partial charge in [0.1, 0.15) is 24.1 Å². The minimum atomic E-state index is -0.966. The van der Waals surface area contributed by atoms with Gasteiger partial charge in [-0.1, -0.05) is 43.2 Å². The molecule has 2 aromatic carbocycles. The molecule has 2 aromatic heterocycles. The van der Waals surface area contributed by atoms with Crippen molar-refractivity contribution in [2.75, 3.05) is 4.90 Å². The number of phenols is 1. The van der Waals surface area contributed by atoms with Crippen molar-refractivity contribution in [2.24, 2.45) is 0 Å². The Morgan fingerprint density at radius 2 is 1.81 bits per heavy atom. The molecule has 1 fully saturated rings. The normalized spacial score (nSPS) is 14.4. The smallest absolute Gasteiger partial charge is 0.251 e. The van der Waals surface area contributed by atoms with Crippen LogP contribution in [0, 0.1) is 6.92 Å². The van der Waals surface area contributed by atoms with E-state index in [0.717, 1.165) is 25.7 Å². The van der Waals surface area contributed by atoms with Gasteiger partial charge in [0.2, 0.25) is 11.7 Å². The maximum atomic E-state index is 13.8. The number of amides is 2. The molecule has 0 aliphatic heterocycles. The third-order valence-electron chi connectivity index (χ3n) is 6.41. The molecule has 1 aliphatic rings. The summed E-state index contributed by atoms with van der Waals surface area (Å²) < 4.78 is 5.56. The summed E-state index contributed by atoms with van der Waals surface area (Å²) in [5, 5.41) is 25.3. The molecule has 1 aliphatic carbocycles. The van der Waals surface area contributed by atoms with Gasteiger partial charge in [0.25, 0.3) is 5.91 Å². The van der Waals surface area contributed by atoms with Crippen LogP contribution in [0.4, 0.5) is 5.69 Å². The van der Waals surface area contributed by atoms with Gasteiger partial charge in [-0.2, -0.15) is 4.80 Å². The van der Waals surface area contributed by atoms with Crippen LogP contribution in [0.1, 0.15) is 43.0 Å². The molecule has 10 heteroatoms. The lowest BCUT2D eigenvalue weighted by Crippen LogP contribution is -2.47. The number of furan rings is 1. The lowest BCUT2D eigenvalue weighted by molar-refractivity contribution is -0.127. The van der Waals surface area contributed by atoms with Crippen LogP contribution < -0.4 is 10.2 Å². The Hall–Kier alpha value is -4.47. The Balaban J connectivity index is 1.48. The van der Waals surface area contributed by atoms with Crippen molar-refractivity contribution >= 4 is 17.5 Å². The van der Waals surface area contributed by atoms with Gasteiger partial charge in [0.15, 0.2) is 5.76 Å². The zero-order valence-corrected chi connectivity index (χ0v) is 20.4. The number of benzene rings is 2. The predicted molar refractivity (Wildman–Crippen MR) is 135 cm³/mol. The fraction of sp³-hybridized carbons (Fsp3) is 0.296. The number of phenolic OH excluding ortho intramolecular Hbond substituents is 1. The summed E-state index contributed by atoms with van der Waals surface area (Å²) in [6.07, 6.45) is 3.94. The third kappa shape index (κ3) is 5.53. The van der Waals surface area contributed by atoms with E-state index >= 15 is 0 Å². The highest BCUT2D eigenvalue weighted by molar-refractivity contribution is 6.01.